The van der Waals surface area contributed by atoms with E-state index in [1.807, 2.05) is 6.92 Å². The van der Waals surface area contributed by atoms with Crippen molar-refractivity contribution in [2.45, 2.75) is 19.8 Å². The van der Waals surface area contributed by atoms with Crippen molar-refractivity contribution < 1.29 is 5.11 Å². The second-order valence-corrected chi connectivity index (χ2v) is 2.66. The molecule has 0 heterocycles. The maximum absolute atomic E-state index is 10.7. The van der Waals surface area contributed by atoms with Crippen LogP contribution in [0.2, 0.25) is 0 Å². The third kappa shape index (κ3) is 1.32. The molecule has 0 spiro atoms. The van der Waals surface area contributed by atoms with Gasteiger partial charge in [-0.1, -0.05) is 13.3 Å². The maximum Gasteiger partial charge on any atom is 0.271 e. The Bertz CT molecular complexity index is 336. The summed E-state index contributed by atoms with van der Waals surface area (Å²) in [4.78, 5) is 21.2. The first-order chi connectivity index (χ1) is 5.68. The van der Waals surface area contributed by atoms with Crippen molar-refractivity contribution in [3.05, 3.63) is 20.4 Å². The molecule has 4 nitrogen and oxygen atoms in total. The molecule has 0 aliphatic carbocycles. The fraction of sp³-hybridized carbons (Fsp3) is 0.500. The van der Waals surface area contributed by atoms with E-state index >= 15 is 0 Å². The van der Waals surface area contributed by atoms with Crippen molar-refractivity contribution in [1.82, 2.24) is 0 Å². The van der Waals surface area contributed by atoms with Crippen LogP contribution in [0.3, 0.4) is 0 Å². The summed E-state index contributed by atoms with van der Waals surface area (Å²) in [7, 11) is 0. The molecule has 0 radical (unpaired) electrons. The Kier molecular flexibility index (Phi) is 2.47. The van der Waals surface area contributed by atoms with Gasteiger partial charge < -0.3 is 10.4 Å². The van der Waals surface area contributed by atoms with Gasteiger partial charge in [0.05, 0.1) is 0 Å². The standard InChI is InChI=1S/C8H11NO3/c1-2-3-4-9-5-6(10)8(12)7(5)11/h9-10H,2-4H2,1H3. The van der Waals surface area contributed by atoms with Crippen LogP contribution in [-0.2, 0) is 0 Å². The van der Waals surface area contributed by atoms with Gasteiger partial charge in [0.15, 0.2) is 5.75 Å². The molecule has 0 aromatic heterocycles. The second kappa shape index (κ2) is 3.38. The number of rotatable bonds is 4. The van der Waals surface area contributed by atoms with Crippen LogP contribution in [0, 0.1) is 0 Å². The molecule has 0 saturated carbocycles. The van der Waals surface area contributed by atoms with Crippen molar-refractivity contribution in [3.63, 3.8) is 0 Å². The molecule has 0 aliphatic heterocycles. The molecule has 66 valence electrons. The van der Waals surface area contributed by atoms with Crippen LogP contribution in [0.4, 0.5) is 5.69 Å². The molecule has 0 amide bonds. The normalized spacial score (nSPS) is 10.4. The van der Waals surface area contributed by atoms with Gasteiger partial charge in [-0.05, 0) is 6.42 Å². The highest BCUT2D eigenvalue weighted by Crippen LogP contribution is 2.13. The Morgan fingerprint density at radius 2 is 2.00 bits per heavy atom. The lowest BCUT2D eigenvalue weighted by Gasteiger charge is -2.07. The SMILES string of the molecule is CCCCNc1c(O)c(=O)c1=O. The fourth-order valence-corrected chi connectivity index (χ4v) is 0.934. The first kappa shape index (κ1) is 8.77. The molecule has 2 N–H and O–H groups in total. The highest BCUT2D eigenvalue weighted by atomic mass is 16.3. The topological polar surface area (TPSA) is 66.4 Å². The van der Waals surface area contributed by atoms with Gasteiger partial charge in [0, 0.05) is 6.54 Å². The Labute approximate surface area is 69.5 Å². The van der Waals surface area contributed by atoms with Gasteiger partial charge in [-0.3, -0.25) is 9.59 Å². The first-order valence-electron chi connectivity index (χ1n) is 3.94. The highest BCUT2D eigenvalue weighted by Gasteiger charge is 2.18. The predicted molar refractivity (Wildman–Crippen MR) is 46.4 cm³/mol. The summed E-state index contributed by atoms with van der Waals surface area (Å²) in [6.45, 7) is 2.64. The van der Waals surface area contributed by atoms with Crippen LogP contribution in [0.1, 0.15) is 19.8 Å². The minimum absolute atomic E-state index is 0.0773. The molecule has 12 heavy (non-hydrogen) atoms. The van der Waals surface area contributed by atoms with E-state index in [0.717, 1.165) is 12.8 Å². The average Bonchev–Trinajstić information content (AvgIpc) is 2.11. The van der Waals surface area contributed by atoms with Gasteiger partial charge in [-0.2, -0.15) is 0 Å². The Hall–Kier alpha value is -1.32. The van der Waals surface area contributed by atoms with Crippen molar-refractivity contribution in [3.8, 4) is 5.75 Å². The molecule has 0 aliphatic rings. The summed E-state index contributed by atoms with van der Waals surface area (Å²) in [6, 6.07) is 0. The summed E-state index contributed by atoms with van der Waals surface area (Å²) in [5, 5.41) is 11.6. The number of unbranched alkanes of at least 4 members (excludes halogenated alkanes) is 1. The predicted octanol–water partition coefficient (Wildman–Crippen LogP) is 0.200. The van der Waals surface area contributed by atoms with E-state index in [2.05, 4.69) is 5.32 Å². The van der Waals surface area contributed by atoms with Crippen molar-refractivity contribution >= 4 is 5.69 Å². The molecule has 0 fully saturated rings. The molecule has 4 heteroatoms. The molecule has 0 saturated heterocycles. The zero-order valence-electron chi connectivity index (χ0n) is 6.89. The van der Waals surface area contributed by atoms with Gasteiger partial charge in [0.1, 0.15) is 5.69 Å². The molecule has 1 aromatic rings. The van der Waals surface area contributed by atoms with Crippen molar-refractivity contribution in [2.24, 2.45) is 0 Å². The average molecular weight is 169 g/mol. The lowest BCUT2D eigenvalue weighted by atomic mass is 10.2. The lowest BCUT2D eigenvalue weighted by molar-refractivity contribution is 0.465. The first-order valence-corrected chi connectivity index (χ1v) is 3.94. The van der Waals surface area contributed by atoms with Gasteiger partial charge in [-0.25, -0.2) is 0 Å². The molecule has 0 unspecified atom stereocenters. The molecule has 0 bridgehead atoms. The number of anilines is 1. The van der Waals surface area contributed by atoms with Crippen LogP contribution in [0.5, 0.6) is 5.75 Å². The summed E-state index contributed by atoms with van der Waals surface area (Å²) in [5.74, 6) is -0.420. The third-order valence-corrected chi connectivity index (χ3v) is 1.72. The fourth-order valence-electron chi connectivity index (χ4n) is 0.934. The Morgan fingerprint density at radius 1 is 1.33 bits per heavy atom. The number of hydrogen-bond acceptors (Lipinski definition) is 4. The molecule has 0 atom stereocenters. The Morgan fingerprint density at radius 3 is 2.50 bits per heavy atom. The van der Waals surface area contributed by atoms with E-state index in [1.54, 1.807) is 0 Å². The zero-order chi connectivity index (χ0) is 9.14. The van der Waals surface area contributed by atoms with E-state index in [-0.39, 0.29) is 5.69 Å². The monoisotopic (exact) mass is 169 g/mol. The van der Waals surface area contributed by atoms with Crippen LogP contribution in [0.15, 0.2) is 9.59 Å². The molecule has 1 aromatic carbocycles. The van der Waals surface area contributed by atoms with Crippen LogP contribution in [-0.4, -0.2) is 11.7 Å². The number of aromatic hydroxyl groups is 1. The van der Waals surface area contributed by atoms with Gasteiger partial charge in [0.25, 0.3) is 10.9 Å². The van der Waals surface area contributed by atoms with Crippen molar-refractivity contribution in [2.75, 3.05) is 11.9 Å². The summed E-state index contributed by atoms with van der Waals surface area (Å²) < 4.78 is 0. The van der Waals surface area contributed by atoms with E-state index in [9.17, 15) is 9.59 Å². The van der Waals surface area contributed by atoms with Gasteiger partial charge in [-0.15, -0.1) is 0 Å². The summed E-state index contributed by atoms with van der Waals surface area (Å²) in [5.41, 5.74) is -1.31. The minimum atomic E-state index is -0.783. The number of hydrogen-bond donors (Lipinski definition) is 2. The lowest BCUT2D eigenvalue weighted by Crippen LogP contribution is -2.33. The Balaban J connectivity index is 2.55. The largest absolute Gasteiger partial charge is 0.502 e. The third-order valence-electron chi connectivity index (χ3n) is 1.72. The van der Waals surface area contributed by atoms with Gasteiger partial charge >= 0.3 is 0 Å². The summed E-state index contributed by atoms with van der Waals surface area (Å²) >= 11 is 0. The van der Waals surface area contributed by atoms with Crippen molar-refractivity contribution in [1.29, 1.82) is 0 Å². The summed E-state index contributed by atoms with van der Waals surface area (Å²) in [6.07, 6.45) is 1.92. The van der Waals surface area contributed by atoms with E-state index in [1.165, 1.54) is 0 Å². The van der Waals surface area contributed by atoms with E-state index < -0.39 is 16.6 Å². The molecule has 1 rings (SSSR count). The molecular formula is C8H11NO3. The quantitative estimate of drug-likeness (QED) is 0.499. The minimum Gasteiger partial charge on any atom is -0.502 e. The second-order valence-electron chi connectivity index (χ2n) is 2.66. The van der Waals surface area contributed by atoms with Crippen LogP contribution >= 0.6 is 0 Å². The van der Waals surface area contributed by atoms with Gasteiger partial charge in [0.2, 0.25) is 0 Å². The smallest absolute Gasteiger partial charge is 0.271 e. The highest BCUT2D eigenvalue weighted by molar-refractivity contribution is 5.60. The number of nitrogens with one attached hydrogen (secondary N) is 1. The van der Waals surface area contributed by atoms with Crippen LogP contribution < -0.4 is 16.2 Å². The van der Waals surface area contributed by atoms with E-state index in [4.69, 9.17) is 5.11 Å². The van der Waals surface area contributed by atoms with E-state index in [0.29, 0.717) is 6.54 Å². The maximum atomic E-state index is 10.7. The van der Waals surface area contributed by atoms with Crippen LogP contribution in [0.25, 0.3) is 0 Å². The zero-order valence-corrected chi connectivity index (χ0v) is 6.89. The molecular weight excluding hydrogens is 158 g/mol.